The highest BCUT2D eigenvalue weighted by molar-refractivity contribution is 5.37. The number of halogens is 2. The highest BCUT2D eigenvalue weighted by atomic mass is 19.3. The fraction of sp³-hybridized carbons (Fsp3) is 0.909. The van der Waals surface area contributed by atoms with Gasteiger partial charge in [0.15, 0.2) is 0 Å². The number of nitrogens with one attached hydrogen (secondary N) is 1. The molecule has 4 nitrogen and oxygen atoms in total. The molecular weight excluding hydrogens is 230 g/mol. The first-order chi connectivity index (χ1) is 7.70. The Bertz CT molecular complexity index is 220. The van der Waals surface area contributed by atoms with Crippen LogP contribution in [0, 0.1) is 0 Å². The van der Waals surface area contributed by atoms with Crippen molar-refractivity contribution in [2.45, 2.75) is 64.0 Å². The topological polar surface area (TPSA) is 64.3 Å². The van der Waals surface area contributed by atoms with Gasteiger partial charge >= 0.3 is 0 Å². The van der Waals surface area contributed by atoms with Crippen LogP contribution >= 0.6 is 0 Å². The van der Waals surface area contributed by atoms with Gasteiger partial charge < -0.3 is 4.74 Å². The monoisotopic (exact) mass is 252 g/mol. The van der Waals surface area contributed by atoms with Crippen LogP contribution in [-0.2, 0) is 9.53 Å². The molecule has 0 bridgehead atoms. The summed E-state index contributed by atoms with van der Waals surface area (Å²) in [7, 11) is 0. The number of carbonyl (C=O) groups excluding carboxylic acids is 1. The highest BCUT2D eigenvalue weighted by Gasteiger charge is 2.34. The molecule has 0 radical (unpaired) electrons. The van der Waals surface area contributed by atoms with Crippen LogP contribution < -0.4 is 11.3 Å². The molecule has 0 amide bonds. The Balaban J connectivity index is 0.000000325. The number of hydrazine groups is 1. The van der Waals surface area contributed by atoms with E-state index in [1.165, 1.54) is 0 Å². The van der Waals surface area contributed by atoms with Gasteiger partial charge in [0.25, 0.3) is 6.47 Å². The van der Waals surface area contributed by atoms with E-state index in [1.807, 2.05) is 20.8 Å². The summed E-state index contributed by atoms with van der Waals surface area (Å²) in [4.78, 5) is 9.60. The third kappa shape index (κ3) is 9.00. The Morgan fingerprint density at radius 1 is 1.35 bits per heavy atom. The first-order valence-corrected chi connectivity index (χ1v) is 5.65. The van der Waals surface area contributed by atoms with Crippen molar-refractivity contribution in [1.82, 2.24) is 5.43 Å². The molecule has 0 spiro atoms. The van der Waals surface area contributed by atoms with Crippen LogP contribution in [-0.4, -0.2) is 24.0 Å². The normalized spacial score (nSPS) is 20.1. The molecule has 0 heterocycles. The summed E-state index contributed by atoms with van der Waals surface area (Å²) in [6.07, 6.45) is 0.927. The van der Waals surface area contributed by atoms with Gasteiger partial charge in [0.1, 0.15) is 5.60 Å². The second kappa shape index (κ2) is 6.86. The van der Waals surface area contributed by atoms with Gasteiger partial charge in [0, 0.05) is 18.9 Å². The molecule has 0 aromatic carbocycles. The molecule has 3 N–H and O–H groups in total. The van der Waals surface area contributed by atoms with E-state index in [0.29, 0.717) is 19.3 Å². The van der Waals surface area contributed by atoms with E-state index in [4.69, 9.17) is 5.84 Å². The van der Waals surface area contributed by atoms with Gasteiger partial charge in [0.05, 0.1) is 0 Å². The molecule has 0 saturated heterocycles. The van der Waals surface area contributed by atoms with Gasteiger partial charge in [-0.2, -0.15) is 0 Å². The molecule has 1 fully saturated rings. The Hall–Kier alpha value is -0.750. The predicted molar refractivity (Wildman–Crippen MR) is 61.4 cm³/mol. The number of hydrogen-bond acceptors (Lipinski definition) is 4. The third-order valence-electron chi connectivity index (χ3n) is 2.35. The van der Waals surface area contributed by atoms with Crippen molar-refractivity contribution in [3.8, 4) is 0 Å². The molecular formula is C11H22F2N2O2. The molecule has 1 rings (SSSR count). The van der Waals surface area contributed by atoms with E-state index >= 15 is 0 Å². The Morgan fingerprint density at radius 2 is 1.82 bits per heavy atom. The summed E-state index contributed by atoms with van der Waals surface area (Å²) in [6, 6.07) is 0.0969. The van der Waals surface area contributed by atoms with Gasteiger partial charge in [-0.1, -0.05) is 0 Å². The van der Waals surface area contributed by atoms with Crippen molar-refractivity contribution in [2.24, 2.45) is 5.84 Å². The van der Waals surface area contributed by atoms with E-state index in [2.05, 4.69) is 10.2 Å². The zero-order valence-corrected chi connectivity index (χ0v) is 10.6. The molecule has 1 aliphatic carbocycles. The van der Waals surface area contributed by atoms with Gasteiger partial charge in [-0.05, 0) is 33.6 Å². The summed E-state index contributed by atoms with van der Waals surface area (Å²) in [5, 5.41) is 0. The van der Waals surface area contributed by atoms with Crippen LogP contribution in [0.25, 0.3) is 0 Å². The Morgan fingerprint density at radius 3 is 2.06 bits per heavy atom. The molecule has 0 atom stereocenters. The van der Waals surface area contributed by atoms with E-state index < -0.39 is 5.92 Å². The molecule has 0 aromatic heterocycles. The Labute approximate surface area is 101 Å². The summed E-state index contributed by atoms with van der Waals surface area (Å²) >= 11 is 0. The number of ether oxygens (including phenoxy) is 1. The van der Waals surface area contributed by atoms with Crippen molar-refractivity contribution in [2.75, 3.05) is 0 Å². The standard InChI is InChI=1S/C6H12F2N2.C5H10O2/c7-6(8)3-1-5(10-9)2-4-6;1-5(2,3)7-4-6/h5,10H,1-4,9H2;4H,1-3H3. The lowest BCUT2D eigenvalue weighted by Crippen LogP contribution is -2.40. The lowest BCUT2D eigenvalue weighted by atomic mass is 9.93. The summed E-state index contributed by atoms with van der Waals surface area (Å²) in [5.41, 5.74) is 2.19. The summed E-state index contributed by atoms with van der Waals surface area (Å²) in [6.45, 7) is 5.92. The van der Waals surface area contributed by atoms with Crippen molar-refractivity contribution in [1.29, 1.82) is 0 Å². The maximum Gasteiger partial charge on any atom is 0.293 e. The average molecular weight is 252 g/mol. The van der Waals surface area contributed by atoms with Crippen LogP contribution in [0.3, 0.4) is 0 Å². The minimum absolute atomic E-state index is 0.0259. The van der Waals surface area contributed by atoms with E-state index in [0.717, 1.165) is 0 Å². The summed E-state index contributed by atoms with van der Waals surface area (Å²) < 4.78 is 29.4. The number of nitrogens with two attached hydrogens (primary N) is 1. The maximum atomic E-state index is 12.4. The minimum Gasteiger partial charge on any atom is -0.462 e. The highest BCUT2D eigenvalue weighted by Crippen LogP contribution is 2.32. The fourth-order valence-corrected chi connectivity index (χ4v) is 1.35. The van der Waals surface area contributed by atoms with Gasteiger partial charge in [-0.25, -0.2) is 8.78 Å². The van der Waals surface area contributed by atoms with Crippen LogP contribution in [0.1, 0.15) is 46.5 Å². The maximum absolute atomic E-state index is 12.4. The quantitative estimate of drug-likeness (QED) is 0.448. The second-order valence-corrected chi connectivity index (χ2v) is 5.12. The van der Waals surface area contributed by atoms with Crippen LogP contribution in [0.4, 0.5) is 8.78 Å². The average Bonchev–Trinajstić information content (AvgIpc) is 2.17. The van der Waals surface area contributed by atoms with Crippen LogP contribution in [0.15, 0.2) is 0 Å². The number of carbonyl (C=O) groups is 1. The largest absolute Gasteiger partial charge is 0.462 e. The number of hydrogen-bond donors (Lipinski definition) is 2. The molecule has 0 aromatic rings. The van der Waals surface area contributed by atoms with Crippen molar-refractivity contribution < 1.29 is 18.3 Å². The van der Waals surface area contributed by atoms with Crippen LogP contribution in [0.5, 0.6) is 0 Å². The minimum atomic E-state index is -2.44. The van der Waals surface area contributed by atoms with Crippen molar-refractivity contribution in [3.63, 3.8) is 0 Å². The van der Waals surface area contributed by atoms with Crippen molar-refractivity contribution in [3.05, 3.63) is 0 Å². The van der Waals surface area contributed by atoms with Gasteiger partial charge in [0.2, 0.25) is 5.92 Å². The lowest BCUT2D eigenvalue weighted by molar-refractivity contribution is -0.138. The molecule has 6 heteroatoms. The van der Waals surface area contributed by atoms with Crippen LogP contribution in [0.2, 0.25) is 0 Å². The first kappa shape index (κ1) is 16.2. The molecule has 1 aliphatic rings. The van der Waals surface area contributed by atoms with E-state index in [-0.39, 0.29) is 24.5 Å². The van der Waals surface area contributed by atoms with Gasteiger partial charge in [-0.3, -0.25) is 16.1 Å². The lowest BCUT2D eigenvalue weighted by Gasteiger charge is -2.27. The third-order valence-corrected chi connectivity index (χ3v) is 2.35. The second-order valence-electron chi connectivity index (χ2n) is 5.12. The number of rotatable bonds is 2. The first-order valence-electron chi connectivity index (χ1n) is 5.65. The number of alkyl halides is 2. The molecule has 1 saturated carbocycles. The molecule has 0 unspecified atom stereocenters. The zero-order valence-electron chi connectivity index (χ0n) is 10.6. The Kier molecular flexibility index (Phi) is 6.56. The zero-order chi connectivity index (χ0) is 13.5. The van der Waals surface area contributed by atoms with E-state index in [1.54, 1.807) is 0 Å². The smallest absolute Gasteiger partial charge is 0.293 e. The SMILES string of the molecule is CC(C)(C)OC=O.NNC1CCC(F)(F)CC1. The van der Waals surface area contributed by atoms with Gasteiger partial charge in [-0.15, -0.1) is 0 Å². The van der Waals surface area contributed by atoms with E-state index in [9.17, 15) is 13.6 Å². The molecule has 17 heavy (non-hydrogen) atoms. The molecule has 102 valence electrons. The van der Waals surface area contributed by atoms with Crippen molar-refractivity contribution >= 4 is 6.47 Å². The summed E-state index contributed by atoms with van der Waals surface area (Å²) in [5.74, 6) is 2.66. The fourth-order valence-electron chi connectivity index (χ4n) is 1.35. The molecule has 0 aliphatic heterocycles. The predicted octanol–water partition coefficient (Wildman–Crippen LogP) is 1.99.